The number of benzene rings is 2. The van der Waals surface area contributed by atoms with E-state index in [1.54, 1.807) is 24.3 Å². The van der Waals surface area contributed by atoms with Gasteiger partial charge in [0, 0.05) is 12.0 Å². The largest absolute Gasteiger partial charge is 0.496 e. The molecule has 1 unspecified atom stereocenters. The first-order valence-electron chi connectivity index (χ1n) is 5.97. The summed E-state index contributed by atoms with van der Waals surface area (Å²) >= 11 is 11.7. The molecule has 2 aromatic rings. The number of aliphatic hydroxyl groups is 1. The highest BCUT2D eigenvalue weighted by atomic mass is 35.5. The van der Waals surface area contributed by atoms with Crippen LogP contribution in [0.2, 0.25) is 10.0 Å². The van der Waals surface area contributed by atoms with Crippen molar-refractivity contribution in [2.45, 2.75) is 12.5 Å². The monoisotopic (exact) mass is 314 g/mol. The Labute approximate surface area is 126 Å². The smallest absolute Gasteiger partial charge is 0.142 e. The normalized spacial score (nSPS) is 12.2. The first-order chi connectivity index (χ1) is 9.52. The van der Waals surface area contributed by atoms with Gasteiger partial charge in [0.05, 0.1) is 23.3 Å². The molecule has 2 nitrogen and oxygen atoms in total. The second kappa shape index (κ2) is 6.44. The number of hydrogen-bond donors (Lipinski definition) is 1. The van der Waals surface area contributed by atoms with E-state index in [9.17, 15) is 9.50 Å². The third-order valence-electron chi connectivity index (χ3n) is 2.98. The van der Waals surface area contributed by atoms with Gasteiger partial charge in [-0.3, -0.25) is 0 Å². The van der Waals surface area contributed by atoms with Gasteiger partial charge < -0.3 is 9.84 Å². The van der Waals surface area contributed by atoms with Crippen molar-refractivity contribution in [3.05, 3.63) is 63.4 Å². The van der Waals surface area contributed by atoms with Crippen LogP contribution >= 0.6 is 23.2 Å². The molecule has 20 heavy (non-hydrogen) atoms. The summed E-state index contributed by atoms with van der Waals surface area (Å²) in [6.45, 7) is 0. The van der Waals surface area contributed by atoms with Crippen molar-refractivity contribution in [1.29, 1.82) is 0 Å². The van der Waals surface area contributed by atoms with Gasteiger partial charge >= 0.3 is 0 Å². The van der Waals surface area contributed by atoms with Gasteiger partial charge in [-0.25, -0.2) is 4.39 Å². The Morgan fingerprint density at radius 2 is 1.95 bits per heavy atom. The molecule has 2 rings (SSSR count). The van der Waals surface area contributed by atoms with Crippen LogP contribution in [0.1, 0.15) is 17.2 Å². The van der Waals surface area contributed by atoms with Crippen LogP contribution in [0, 0.1) is 5.82 Å². The Morgan fingerprint density at radius 1 is 1.20 bits per heavy atom. The number of hydrogen-bond acceptors (Lipinski definition) is 2. The van der Waals surface area contributed by atoms with Crippen LogP contribution in [-0.4, -0.2) is 12.2 Å². The van der Waals surface area contributed by atoms with Crippen molar-refractivity contribution < 1.29 is 14.2 Å². The van der Waals surface area contributed by atoms with Gasteiger partial charge in [-0.2, -0.15) is 0 Å². The lowest BCUT2D eigenvalue weighted by Gasteiger charge is -2.16. The summed E-state index contributed by atoms with van der Waals surface area (Å²) in [4.78, 5) is 0. The van der Waals surface area contributed by atoms with Gasteiger partial charge in [0.2, 0.25) is 0 Å². The Hall–Kier alpha value is -1.29. The standard InChI is InChI=1S/C15H13Cl2FO2/c1-20-14-4-2-3-11(17)15(14)13(19)8-9-5-6-10(16)12(18)7-9/h2-7,13,19H,8H2,1H3. The number of methoxy groups -OCH3 is 1. The molecular formula is C15H13Cl2FO2. The quantitative estimate of drug-likeness (QED) is 0.905. The van der Waals surface area contributed by atoms with E-state index in [1.807, 2.05) is 0 Å². The molecule has 0 fully saturated rings. The molecular weight excluding hydrogens is 302 g/mol. The fourth-order valence-corrected chi connectivity index (χ4v) is 2.42. The van der Waals surface area contributed by atoms with Gasteiger partial charge in [0.1, 0.15) is 11.6 Å². The van der Waals surface area contributed by atoms with E-state index in [0.29, 0.717) is 21.9 Å². The minimum Gasteiger partial charge on any atom is -0.496 e. The maximum absolute atomic E-state index is 13.4. The average Bonchev–Trinajstić information content (AvgIpc) is 2.42. The molecule has 0 aliphatic rings. The number of rotatable bonds is 4. The molecule has 1 N–H and O–H groups in total. The minimum absolute atomic E-state index is 0.0542. The molecule has 0 aromatic heterocycles. The van der Waals surface area contributed by atoms with Crippen molar-refractivity contribution in [2.24, 2.45) is 0 Å². The zero-order valence-corrected chi connectivity index (χ0v) is 12.2. The predicted molar refractivity (Wildman–Crippen MR) is 78.1 cm³/mol. The third-order valence-corrected chi connectivity index (χ3v) is 3.62. The number of ether oxygens (including phenoxy) is 1. The molecule has 2 aromatic carbocycles. The summed E-state index contributed by atoms with van der Waals surface area (Å²) in [5, 5.41) is 10.8. The number of halogens is 3. The Balaban J connectivity index is 2.28. The number of aliphatic hydroxyl groups excluding tert-OH is 1. The molecule has 0 heterocycles. The van der Waals surface area contributed by atoms with Crippen molar-refractivity contribution in [1.82, 2.24) is 0 Å². The summed E-state index contributed by atoms with van der Waals surface area (Å²) in [7, 11) is 1.50. The van der Waals surface area contributed by atoms with Gasteiger partial charge in [-0.1, -0.05) is 35.3 Å². The van der Waals surface area contributed by atoms with Crippen LogP contribution in [0.25, 0.3) is 0 Å². The van der Waals surface area contributed by atoms with E-state index >= 15 is 0 Å². The van der Waals surface area contributed by atoms with E-state index < -0.39 is 11.9 Å². The maximum Gasteiger partial charge on any atom is 0.142 e. The lowest BCUT2D eigenvalue weighted by molar-refractivity contribution is 0.174. The van der Waals surface area contributed by atoms with Gasteiger partial charge in [-0.15, -0.1) is 0 Å². The van der Waals surface area contributed by atoms with Crippen molar-refractivity contribution >= 4 is 23.2 Å². The zero-order valence-electron chi connectivity index (χ0n) is 10.7. The van der Waals surface area contributed by atoms with Crippen LogP contribution < -0.4 is 4.74 Å². The van der Waals surface area contributed by atoms with Crippen molar-refractivity contribution in [3.8, 4) is 5.75 Å². The van der Waals surface area contributed by atoms with E-state index in [4.69, 9.17) is 27.9 Å². The second-order valence-electron chi connectivity index (χ2n) is 4.32. The summed E-state index contributed by atoms with van der Waals surface area (Å²) < 4.78 is 18.6. The Kier molecular flexibility index (Phi) is 4.86. The lowest BCUT2D eigenvalue weighted by Crippen LogP contribution is -2.05. The van der Waals surface area contributed by atoms with E-state index in [-0.39, 0.29) is 11.4 Å². The lowest BCUT2D eigenvalue weighted by atomic mass is 10.0. The molecule has 0 saturated carbocycles. The molecule has 0 radical (unpaired) electrons. The molecule has 0 aliphatic heterocycles. The van der Waals surface area contributed by atoms with Gasteiger partial charge in [0.25, 0.3) is 0 Å². The summed E-state index contributed by atoms with van der Waals surface area (Å²) in [6, 6.07) is 9.55. The second-order valence-corrected chi connectivity index (χ2v) is 5.14. The highest BCUT2D eigenvalue weighted by Crippen LogP contribution is 2.34. The molecule has 0 bridgehead atoms. The van der Waals surface area contributed by atoms with E-state index in [0.717, 1.165) is 0 Å². The molecule has 0 spiro atoms. The molecule has 0 aliphatic carbocycles. The van der Waals surface area contributed by atoms with Crippen molar-refractivity contribution in [3.63, 3.8) is 0 Å². The first kappa shape index (κ1) is 15.1. The average molecular weight is 315 g/mol. The summed E-state index contributed by atoms with van der Waals surface area (Å²) in [5.74, 6) is -0.0121. The molecule has 5 heteroatoms. The Bertz CT molecular complexity index is 617. The molecule has 0 saturated heterocycles. The van der Waals surface area contributed by atoms with Crippen LogP contribution in [0.5, 0.6) is 5.75 Å². The highest BCUT2D eigenvalue weighted by Gasteiger charge is 2.18. The zero-order chi connectivity index (χ0) is 14.7. The SMILES string of the molecule is COc1cccc(Cl)c1C(O)Cc1ccc(Cl)c(F)c1. The summed E-state index contributed by atoms with van der Waals surface area (Å²) in [6.07, 6.45) is -0.673. The van der Waals surface area contributed by atoms with Crippen LogP contribution in [-0.2, 0) is 6.42 Å². The van der Waals surface area contributed by atoms with E-state index in [2.05, 4.69) is 0 Å². The molecule has 1 atom stereocenters. The fraction of sp³-hybridized carbons (Fsp3) is 0.200. The topological polar surface area (TPSA) is 29.5 Å². The van der Waals surface area contributed by atoms with Gasteiger partial charge in [0.15, 0.2) is 0 Å². The fourth-order valence-electron chi connectivity index (χ4n) is 2.01. The van der Waals surface area contributed by atoms with Gasteiger partial charge in [-0.05, 0) is 29.8 Å². The van der Waals surface area contributed by atoms with Crippen LogP contribution in [0.15, 0.2) is 36.4 Å². The van der Waals surface area contributed by atoms with Crippen LogP contribution in [0.3, 0.4) is 0 Å². The maximum atomic E-state index is 13.4. The highest BCUT2D eigenvalue weighted by molar-refractivity contribution is 6.31. The van der Waals surface area contributed by atoms with Crippen molar-refractivity contribution in [2.75, 3.05) is 7.11 Å². The summed E-state index contributed by atoms with van der Waals surface area (Å²) in [5.41, 5.74) is 1.12. The molecule has 106 valence electrons. The molecule has 0 amide bonds. The minimum atomic E-state index is -0.890. The third kappa shape index (κ3) is 3.23. The van der Waals surface area contributed by atoms with Crippen LogP contribution in [0.4, 0.5) is 4.39 Å². The van der Waals surface area contributed by atoms with E-state index in [1.165, 1.54) is 19.2 Å². The Morgan fingerprint density at radius 3 is 2.60 bits per heavy atom. The first-order valence-corrected chi connectivity index (χ1v) is 6.73. The predicted octanol–water partition coefficient (Wildman–Crippen LogP) is 4.42.